The number of nitrogens with one attached hydrogen (secondary N) is 1. The average molecular weight is 291 g/mol. The number of carbonyl (C=O) groups excluding carboxylic acids is 2. The van der Waals surface area contributed by atoms with Crippen molar-refractivity contribution in [2.75, 3.05) is 12.4 Å². The summed E-state index contributed by atoms with van der Waals surface area (Å²) in [6.07, 6.45) is 2.84. The van der Waals surface area contributed by atoms with Crippen molar-refractivity contribution < 1.29 is 19.1 Å². The van der Waals surface area contributed by atoms with E-state index < -0.39 is 18.0 Å². The predicted octanol–water partition coefficient (Wildman–Crippen LogP) is 2.84. The van der Waals surface area contributed by atoms with E-state index >= 15 is 0 Å². The van der Waals surface area contributed by atoms with Crippen LogP contribution in [0, 0.1) is 6.92 Å². The molecule has 0 unspecified atom stereocenters. The Morgan fingerprint density at radius 1 is 1.38 bits per heavy atom. The molecule has 114 valence electrons. The van der Waals surface area contributed by atoms with Crippen LogP contribution in [0.25, 0.3) is 0 Å². The fourth-order valence-corrected chi connectivity index (χ4v) is 1.63. The van der Waals surface area contributed by atoms with Crippen molar-refractivity contribution in [2.45, 2.75) is 33.3 Å². The van der Waals surface area contributed by atoms with Gasteiger partial charge in [0.2, 0.25) is 0 Å². The van der Waals surface area contributed by atoms with Crippen LogP contribution < -0.4 is 10.1 Å². The second-order valence-corrected chi connectivity index (χ2v) is 4.58. The molecular formula is C16H21NO4. The highest BCUT2D eigenvalue weighted by atomic mass is 16.5. The summed E-state index contributed by atoms with van der Waals surface area (Å²) < 4.78 is 10.2. The Morgan fingerprint density at radius 2 is 2.10 bits per heavy atom. The van der Waals surface area contributed by atoms with Gasteiger partial charge in [-0.15, -0.1) is 0 Å². The van der Waals surface area contributed by atoms with Crippen molar-refractivity contribution in [1.82, 2.24) is 0 Å². The van der Waals surface area contributed by atoms with Crippen molar-refractivity contribution in [2.24, 2.45) is 0 Å². The van der Waals surface area contributed by atoms with Crippen molar-refractivity contribution >= 4 is 17.6 Å². The van der Waals surface area contributed by atoms with Gasteiger partial charge >= 0.3 is 5.97 Å². The van der Waals surface area contributed by atoms with E-state index in [1.54, 1.807) is 18.2 Å². The fraction of sp³-hybridized carbons (Fsp3) is 0.375. The molecule has 0 aliphatic heterocycles. The number of amides is 1. The molecule has 5 heteroatoms. The zero-order valence-corrected chi connectivity index (χ0v) is 12.8. The summed E-state index contributed by atoms with van der Waals surface area (Å²) in [7, 11) is 1.53. The molecule has 1 aromatic rings. The highest BCUT2D eigenvalue weighted by Gasteiger charge is 2.18. The van der Waals surface area contributed by atoms with Crippen LogP contribution in [0.3, 0.4) is 0 Å². The molecule has 0 saturated carbocycles. The topological polar surface area (TPSA) is 64.6 Å². The van der Waals surface area contributed by atoms with Crippen LogP contribution in [0.1, 0.15) is 25.8 Å². The number of ether oxygens (including phenoxy) is 2. The molecule has 1 amide bonds. The predicted molar refractivity (Wildman–Crippen MR) is 81.3 cm³/mol. The summed E-state index contributed by atoms with van der Waals surface area (Å²) in [6.45, 7) is 5.34. The van der Waals surface area contributed by atoms with Gasteiger partial charge in [0.25, 0.3) is 5.91 Å². The number of methoxy groups -OCH3 is 1. The minimum Gasteiger partial charge on any atom is -0.495 e. The minimum absolute atomic E-state index is 0.405. The Morgan fingerprint density at radius 3 is 2.71 bits per heavy atom. The maximum Gasteiger partial charge on any atom is 0.331 e. The van der Waals surface area contributed by atoms with Crippen LogP contribution in [-0.4, -0.2) is 25.1 Å². The zero-order chi connectivity index (χ0) is 15.8. The second-order valence-electron chi connectivity index (χ2n) is 4.58. The Kier molecular flexibility index (Phi) is 6.46. The van der Waals surface area contributed by atoms with Gasteiger partial charge in [-0.05, 0) is 38.0 Å². The van der Waals surface area contributed by atoms with E-state index in [0.29, 0.717) is 11.4 Å². The highest BCUT2D eigenvalue weighted by molar-refractivity contribution is 5.97. The monoisotopic (exact) mass is 291 g/mol. The molecule has 1 atom stereocenters. The van der Waals surface area contributed by atoms with E-state index in [1.165, 1.54) is 20.1 Å². The van der Waals surface area contributed by atoms with E-state index in [1.807, 2.05) is 19.9 Å². The summed E-state index contributed by atoms with van der Waals surface area (Å²) in [4.78, 5) is 23.5. The second kappa shape index (κ2) is 8.09. The fourth-order valence-electron chi connectivity index (χ4n) is 1.63. The normalized spacial score (nSPS) is 12.0. The van der Waals surface area contributed by atoms with Crippen LogP contribution in [0.4, 0.5) is 5.69 Å². The number of hydrogen-bond donors (Lipinski definition) is 1. The summed E-state index contributed by atoms with van der Waals surface area (Å²) in [5, 5.41) is 2.70. The molecule has 1 rings (SSSR count). The van der Waals surface area contributed by atoms with E-state index in [-0.39, 0.29) is 0 Å². The molecule has 1 aromatic carbocycles. The maximum absolute atomic E-state index is 12.0. The van der Waals surface area contributed by atoms with E-state index in [2.05, 4.69) is 5.32 Å². The Bertz CT molecular complexity index is 537. The Hall–Kier alpha value is -2.30. The number of hydrogen-bond acceptors (Lipinski definition) is 4. The molecule has 0 bridgehead atoms. The van der Waals surface area contributed by atoms with Gasteiger partial charge in [0.1, 0.15) is 5.75 Å². The maximum atomic E-state index is 12.0. The SMILES string of the molecule is CC/C=C/C(=O)O[C@H](C)C(=O)Nc1cc(C)ccc1OC. The average Bonchev–Trinajstić information content (AvgIpc) is 2.45. The van der Waals surface area contributed by atoms with Crippen molar-refractivity contribution in [1.29, 1.82) is 0 Å². The molecule has 5 nitrogen and oxygen atoms in total. The van der Waals surface area contributed by atoms with Gasteiger partial charge in [0.05, 0.1) is 12.8 Å². The summed E-state index contributed by atoms with van der Waals surface area (Å²) >= 11 is 0. The van der Waals surface area contributed by atoms with E-state index in [4.69, 9.17) is 9.47 Å². The first-order valence-electron chi connectivity index (χ1n) is 6.80. The van der Waals surface area contributed by atoms with Gasteiger partial charge in [-0.25, -0.2) is 4.79 Å². The molecule has 0 radical (unpaired) electrons. The number of carbonyl (C=O) groups is 2. The third-order valence-electron chi connectivity index (χ3n) is 2.76. The summed E-state index contributed by atoms with van der Waals surface area (Å²) in [6, 6.07) is 5.45. The quantitative estimate of drug-likeness (QED) is 0.646. The molecule has 0 aromatic heterocycles. The largest absolute Gasteiger partial charge is 0.495 e. The number of aryl methyl sites for hydroxylation is 1. The minimum atomic E-state index is -0.885. The number of benzene rings is 1. The molecule has 21 heavy (non-hydrogen) atoms. The molecule has 0 saturated heterocycles. The zero-order valence-electron chi connectivity index (χ0n) is 12.8. The third-order valence-corrected chi connectivity index (χ3v) is 2.76. The first kappa shape index (κ1) is 16.8. The van der Waals surface area contributed by atoms with Gasteiger partial charge in [-0.3, -0.25) is 4.79 Å². The lowest BCUT2D eigenvalue weighted by molar-refractivity contribution is -0.148. The lowest BCUT2D eigenvalue weighted by Gasteiger charge is -2.15. The van der Waals surface area contributed by atoms with Gasteiger partial charge in [-0.2, -0.15) is 0 Å². The van der Waals surface area contributed by atoms with Crippen LogP contribution in [-0.2, 0) is 14.3 Å². The molecule has 0 aliphatic carbocycles. The van der Waals surface area contributed by atoms with Crippen molar-refractivity contribution in [3.8, 4) is 5.75 Å². The molecule has 1 N–H and O–H groups in total. The number of rotatable bonds is 6. The van der Waals surface area contributed by atoms with E-state index in [9.17, 15) is 9.59 Å². The summed E-state index contributed by atoms with van der Waals surface area (Å²) in [5.41, 5.74) is 1.54. The van der Waals surface area contributed by atoms with E-state index in [0.717, 1.165) is 12.0 Å². The highest BCUT2D eigenvalue weighted by Crippen LogP contribution is 2.25. The van der Waals surface area contributed by atoms with Crippen molar-refractivity contribution in [3.63, 3.8) is 0 Å². The molecular weight excluding hydrogens is 270 g/mol. The Labute approximate surface area is 124 Å². The molecule has 0 heterocycles. The van der Waals surface area contributed by atoms with Gasteiger partial charge in [0, 0.05) is 6.08 Å². The number of esters is 1. The third kappa shape index (κ3) is 5.30. The summed E-state index contributed by atoms with van der Waals surface area (Å²) in [5.74, 6) is -0.383. The van der Waals surface area contributed by atoms with Crippen molar-refractivity contribution in [3.05, 3.63) is 35.9 Å². The standard InChI is InChI=1S/C16H21NO4/c1-5-6-7-15(18)21-12(3)16(19)17-13-10-11(2)8-9-14(13)20-4/h6-10,12H,5H2,1-4H3,(H,17,19)/b7-6+/t12-/m1/s1. The van der Waals surface area contributed by atoms with Crippen LogP contribution in [0.2, 0.25) is 0 Å². The first-order valence-corrected chi connectivity index (χ1v) is 6.80. The van der Waals surface area contributed by atoms with Crippen LogP contribution in [0.5, 0.6) is 5.75 Å². The number of allylic oxidation sites excluding steroid dienone is 1. The molecule has 0 spiro atoms. The number of anilines is 1. The first-order chi connectivity index (χ1) is 9.97. The van der Waals surface area contributed by atoms with Gasteiger partial charge in [-0.1, -0.05) is 19.1 Å². The Balaban J connectivity index is 2.70. The molecule has 0 fully saturated rings. The van der Waals surface area contributed by atoms with Gasteiger partial charge in [0.15, 0.2) is 6.10 Å². The molecule has 0 aliphatic rings. The van der Waals surface area contributed by atoms with Crippen LogP contribution in [0.15, 0.2) is 30.4 Å². The lowest BCUT2D eigenvalue weighted by atomic mass is 10.2. The van der Waals surface area contributed by atoms with Crippen LogP contribution >= 0.6 is 0 Å². The van der Waals surface area contributed by atoms with Gasteiger partial charge < -0.3 is 14.8 Å². The lowest BCUT2D eigenvalue weighted by Crippen LogP contribution is -2.29. The smallest absolute Gasteiger partial charge is 0.331 e.